The molecule has 3 aromatic rings. The van der Waals surface area contributed by atoms with Gasteiger partial charge in [-0.1, -0.05) is 27.5 Å². The van der Waals surface area contributed by atoms with Gasteiger partial charge in [0, 0.05) is 14.0 Å². The van der Waals surface area contributed by atoms with Crippen LogP contribution in [0.25, 0.3) is 5.69 Å². The van der Waals surface area contributed by atoms with E-state index in [1.165, 1.54) is 24.3 Å². The number of alkyl halides is 3. The van der Waals surface area contributed by atoms with Crippen molar-refractivity contribution in [3.8, 4) is 5.69 Å². The zero-order valence-corrected chi connectivity index (χ0v) is 17.1. The van der Waals surface area contributed by atoms with Crippen molar-refractivity contribution >= 4 is 55.1 Å². The molecule has 0 unspecified atom stereocenters. The Bertz CT molecular complexity index is 1000. The third kappa shape index (κ3) is 4.36. The van der Waals surface area contributed by atoms with Crippen molar-refractivity contribution in [2.75, 3.05) is 5.32 Å². The number of anilines is 1. The van der Waals surface area contributed by atoms with Crippen LogP contribution in [0.2, 0.25) is 5.02 Å². The Labute approximate surface area is 173 Å². The minimum absolute atomic E-state index is 0.134. The third-order valence-corrected chi connectivity index (χ3v) is 4.97. The van der Waals surface area contributed by atoms with E-state index in [0.717, 1.165) is 6.20 Å². The number of hydrogen-bond donors (Lipinski definition) is 1. The van der Waals surface area contributed by atoms with E-state index < -0.39 is 23.3 Å². The maximum absolute atomic E-state index is 13.7. The van der Waals surface area contributed by atoms with Gasteiger partial charge >= 0.3 is 6.18 Å². The molecule has 0 saturated heterocycles. The van der Waals surface area contributed by atoms with Crippen LogP contribution in [0.1, 0.15) is 16.1 Å². The second-order valence-electron chi connectivity index (χ2n) is 5.37. The Morgan fingerprint density at radius 3 is 2.41 bits per heavy atom. The molecule has 0 saturated carbocycles. The Morgan fingerprint density at radius 2 is 1.78 bits per heavy atom. The maximum Gasteiger partial charge on any atom is 0.434 e. The number of amides is 1. The van der Waals surface area contributed by atoms with Gasteiger partial charge in [-0.15, -0.1) is 0 Å². The first-order chi connectivity index (χ1) is 12.7. The highest BCUT2D eigenvalue weighted by Gasteiger charge is 2.40. The molecule has 0 aliphatic carbocycles. The van der Waals surface area contributed by atoms with Crippen molar-refractivity contribution in [2.45, 2.75) is 6.18 Å². The summed E-state index contributed by atoms with van der Waals surface area (Å²) in [6, 6.07) is 10.6. The van der Waals surface area contributed by atoms with E-state index in [1.807, 2.05) is 0 Å². The van der Waals surface area contributed by atoms with Gasteiger partial charge in [-0.25, -0.2) is 4.68 Å². The predicted molar refractivity (Wildman–Crippen MR) is 103 cm³/mol. The Hall–Kier alpha value is -1.84. The normalized spacial score (nSPS) is 11.5. The van der Waals surface area contributed by atoms with Gasteiger partial charge < -0.3 is 5.32 Å². The fourth-order valence-electron chi connectivity index (χ4n) is 2.35. The molecule has 0 radical (unpaired) electrons. The fourth-order valence-corrected chi connectivity index (χ4v) is 3.18. The molecule has 0 aliphatic heterocycles. The summed E-state index contributed by atoms with van der Waals surface area (Å²) >= 11 is 12.3. The summed E-state index contributed by atoms with van der Waals surface area (Å²) in [5.74, 6) is -0.929. The molecular weight excluding hydrogens is 514 g/mol. The predicted octanol–water partition coefficient (Wildman–Crippen LogP) is 6.32. The standard InChI is InChI=1S/C17H9Br2ClF3N3O/c18-9-1-6-13(19)14(7-9)25-16(27)12-8-24-26(15(12)17(21,22)23)11-4-2-10(20)3-5-11/h1-8H,(H,25,27). The summed E-state index contributed by atoms with van der Waals surface area (Å²) in [5, 5.41) is 6.59. The topological polar surface area (TPSA) is 46.9 Å². The molecule has 0 spiro atoms. The number of halogens is 6. The minimum atomic E-state index is -4.79. The lowest BCUT2D eigenvalue weighted by atomic mass is 10.2. The van der Waals surface area contributed by atoms with Crippen molar-refractivity contribution < 1.29 is 18.0 Å². The second-order valence-corrected chi connectivity index (χ2v) is 7.58. The zero-order valence-electron chi connectivity index (χ0n) is 13.2. The number of rotatable bonds is 3. The van der Waals surface area contributed by atoms with Crippen molar-refractivity contribution in [1.82, 2.24) is 9.78 Å². The maximum atomic E-state index is 13.7. The van der Waals surface area contributed by atoms with Gasteiger partial charge in [0.1, 0.15) is 0 Å². The molecule has 4 nitrogen and oxygen atoms in total. The third-order valence-electron chi connectivity index (χ3n) is 3.53. The van der Waals surface area contributed by atoms with Crippen molar-refractivity contribution in [3.05, 3.63) is 73.9 Å². The minimum Gasteiger partial charge on any atom is -0.321 e. The first kappa shape index (κ1) is 19.9. The number of benzene rings is 2. The van der Waals surface area contributed by atoms with Crippen LogP contribution in [0.4, 0.5) is 18.9 Å². The van der Waals surface area contributed by atoms with Crippen LogP contribution in [0.3, 0.4) is 0 Å². The molecule has 1 aromatic heterocycles. The summed E-state index contributed by atoms with van der Waals surface area (Å²) in [5.41, 5.74) is -1.31. The summed E-state index contributed by atoms with van der Waals surface area (Å²) < 4.78 is 42.9. The van der Waals surface area contributed by atoms with Crippen molar-refractivity contribution in [3.63, 3.8) is 0 Å². The molecule has 27 heavy (non-hydrogen) atoms. The van der Waals surface area contributed by atoms with E-state index in [1.54, 1.807) is 18.2 Å². The van der Waals surface area contributed by atoms with Gasteiger partial charge in [-0.05, 0) is 58.4 Å². The number of carbonyl (C=O) groups excluding carboxylic acids is 1. The van der Waals surface area contributed by atoms with Gasteiger partial charge in [0.2, 0.25) is 0 Å². The fraction of sp³-hybridized carbons (Fsp3) is 0.0588. The highest BCUT2D eigenvalue weighted by molar-refractivity contribution is 9.11. The number of nitrogens with one attached hydrogen (secondary N) is 1. The second kappa shape index (κ2) is 7.65. The van der Waals surface area contributed by atoms with Gasteiger partial charge in [0.05, 0.1) is 23.1 Å². The number of carbonyl (C=O) groups is 1. The first-order valence-electron chi connectivity index (χ1n) is 7.34. The quantitative estimate of drug-likeness (QED) is 0.437. The SMILES string of the molecule is O=C(Nc1cc(Br)ccc1Br)c1cnn(-c2ccc(Cl)cc2)c1C(F)(F)F. The summed E-state index contributed by atoms with van der Waals surface area (Å²) in [7, 11) is 0. The van der Waals surface area contributed by atoms with Crippen LogP contribution in [0, 0.1) is 0 Å². The van der Waals surface area contributed by atoms with E-state index in [2.05, 4.69) is 42.3 Å². The largest absolute Gasteiger partial charge is 0.434 e. The van der Waals surface area contributed by atoms with Crippen LogP contribution in [0.5, 0.6) is 0 Å². The Morgan fingerprint density at radius 1 is 1.11 bits per heavy atom. The van der Waals surface area contributed by atoms with Crippen LogP contribution < -0.4 is 5.32 Å². The molecular formula is C17H9Br2ClF3N3O. The number of hydrogen-bond acceptors (Lipinski definition) is 2. The van der Waals surface area contributed by atoms with Gasteiger partial charge in [-0.2, -0.15) is 18.3 Å². The highest BCUT2D eigenvalue weighted by Crippen LogP contribution is 2.35. The lowest BCUT2D eigenvalue weighted by Gasteiger charge is -2.13. The molecule has 3 rings (SSSR count). The van der Waals surface area contributed by atoms with E-state index in [4.69, 9.17) is 11.6 Å². The van der Waals surface area contributed by atoms with Crippen LogP contribution >= 0.6 is 43.5 Å². The summed E-state index contributed by atoms with van der Waals surface area (Å²) in [6.07, 6.45) is -3.91. The Kier molecular flexibility index (Phi) is 5.64. The summed E-state index contributed by atoms with van der Waals surface area (Å²) in [4.78, 5) is 12.5. The number of nitrogens with zero attached hydrogens (tertiary/aromatic N) is 2. The average molecular weight is 524 g/mol. The van der Waals surface area contributed by atoms with E-state index in [9.17, 15) is 18.0 Å². The lowest BCUT2D eigenvalue weighted by Crippen LogP contribution is -2.20. The van der Waals surface area contributed by atoms with Crippen LogP contribution in [-0.4, -0.2) is 15.7 Å². The van der Waals surface area contributed by atoms with Crippen molar-refractivity contribution in [2.24, 2.45) is 0 Å². The van der Waals surface area contributed by atoms with Gasteiger partial charge in [0.15, 0.2) is 5.69 Å². The van der Waals surface area contributed by atoms with Gasteiger partial charge in [-0.3, -0.25) is 4.79 Å². The molecule has 1 N–H and O–H groups in total. The molecule has 0 atom stereocenters. The molecule has 2 aromatic carbocycles. The van der Waals surface area contributed by atoms with E-state index >= 15 is 0 Å². The molecule has 1 amide bonds. The lowest BCUT2D eigenvalue weighted by molar-refractivity contribution is -0.143. The van der Waals surface area contributed by atoms with Crippen LogP contribution in [0.15, 0.2) is 57.6 Å². The number of aromatic nitrogens is 2. The molecule has 0 fully saturated rings. The van der Waals surface area contributed by atoms with Gasteiger partial charge in [0.25, 0.3) is 5.91 Å². The molecule has 0 bridgehead atoms. The highest BCUT2D eigenvalue weighted by atomic mass is 79.9. The van der Waals surface area contributed by atoms with Crippen LogP contribution in [-0.2, 0) is 6.18 Å². The zero-order chi connectivity index (χ0) is 19.8. The Balaban J connectivity index is 2.04. The molecule has 140 valence electrons. The first-order valence-corrected chi connectivity index (χ1v) is 9.31. The molecule has 1 heterocycles. The van der Waals surface area contributed by atoms with Crippen molar-refractivity contribution in [1.29, 1.82) is 0 Å². The smallest absolute Gasteiger partial charge is 0.321 e. The summed E-state index contributed by atoms with van der Waals surface area (Å²) in [6.45, 7) is 0. The molecule has 10 heteroatoms. The van der Waals surface area contributed by atoms with E-state index in [0.29, 0.717) is 24.3 Å². The average Bonchev–Trinajstić information content (AvgIpc) is 3.04. The molecule has 0 aliphatic rings. The monoisotopic (exact) mass is 521 g/mol. The van der Waals surface area contributed by atoms with E-state index in [-0.39, 0.29) is 5.69 Å².